The molecule has 1 rings (SSSR count). The molecule has 1 unspecified atom stereocenters. The summed E-state index contributed by atoms with van der Waals surface area (Å²) < 4.78 is 0. The fraction of sp³-hybridized carbons (Fsp3) is 0.867. The van der Waals surface area contributed by atoms with E-state index in [4.69, 9.17) is 0 Å². The molecule has 0 amide bonds. The minimum atomic E-state index is 0.181. The fourth-order valence-corrected chi connectivity index (χ4v) is 3.09. The Bertz CT molecular complexity index is 355. The minimum Gasteiger partial charge on any atom is -0.312 e. The molecule has 19 heavy (non-hydrogen) atoms. The van der Waals surface area contributed by atoms with Crippen molar-refractivity contribution < 1.29 is 0 Å². The summed E-state index contributed by atoms with van der Waals surface area (Å²) in [4.78, 5) is 0. The molecule has 110 valence electrons. The van der Waals surface area contributed by atoms with Gasteiger partial charge in [-0.3, -0.25) is 0 Å². The first-order valence-electron chi connectivity index (χ1n) is 7.53. The van der Waals surface area contributed by atoms with Crippen LogP contribution in [-0.2, 0) is 6.42 Å². The summed E-state index contributed by atoms with van der Waals surface area (Å²) >= 11 is 1.80. The van der Waals surface area contributed by atoms with Crippen LogP contribution in [0.5, 0.6) is 0 Å². The molecule has 4 heteroatoms. The molecular weight excluding hydrogens is 254 g/mol. The SMILES string of the molecule is CCCCC(CC)c1nnc(CCNC(C)(C)C)s1. The third-order valence-corrected chi connectivity index (χ3v) is 4.37. The van der Waals surface area contributed by atoms with E-state index in [0.29, 0.717) is 5.92 Å². The molecule has 0 bridgehead atoms. The third kappa shape index (κ3) is 6.48. The first kappa shape index (κ1) is 16.6. The molecule has 1 atom stereocenters. The van der Waals surface area contributed by atoms with Crippen LogP contribution in [0.25, 0.3) is 0 Å². The van der Waals surface area contributed by atoms with E-state index in [1.807, 2.05) is 0 Å². The number of unbranched alkanes of at least 4 members (excludes halogenated alkanes) is 1. The van der Waals surface area contributed by atoms with Crippen molar-refractivity contribution in [2.75, 3.05) is 6.54 Å². The van der Waals surface area contributed by atoms with E-state index in [9.17, 15) is 0 Å². The van der Waals surface area contributed by atoms with Gasteiger partial charge in [0.05, 0.1) is 0 Å². The Morgan fingerprint density at radius 3 is 2.53 bits per heavy atom. The van der Waals surface area contributed by atoms with Crippen molar-refractivity contribution in [3.05, 3.63) is 10.0 Å². The van der Waals surface area contributed by atoms with Crippen LogP contribution in [0.2, 0.25) is 0 Å². The van der Waals surface area contributed by atoms with Gasteiger partial charge in [-0.25, -0.2) is 0 Å². The van der Waals surface area contributed by atoms with E-state index >= 15 is 0 Å². The van der Waals surface area contributed by atoms with Crippen molar-refractivity contribution in [1.29, 1.82) is 0 Å². The monoisotopic (exact) mass is 283 g/mol. The number of hydrogen-bond acceptors (Lipinski definition) is 4. The lowest BCUT2D eigenvalue weighted by Crippen LogP contribution is -2.37. The van der Waals surface area contributed by atoms with Gasteiger partial charge in [0, 0.05) is 24.4 Å². The molecule has 0 aliphatic carbocycles. The summed E-state index contributed by atoms with van der Waals surface area (Å²) in [5, 5.41) is 14.6. The van der Waals surface area contributed by atoms with Crippen molar-refractivity contribution >= 4 is 11.3 Å². The van der Waals surface area contributed by atoms with E-state index in [-0.39, 0.29) is 5.54 Å². The van der Waals surface area contributed by atoms with Crippen molar-refractivity contribution in [1.82, 2.24) is 15.5 Å². The molecule has 0 fully saturated rings. The molecule has 0 saturated heterocycles. The Morgan fingerprint density at radius 2 is 1.95 bits per heavy atom. The quantitative estimate of drug-likeness (QED) is 0.778. The molecule has 1 heterocycles. The van der Waals surface area contributed by atoms with Gasteiger partial charge in [0.2, 0.25) is 0 Å². The first-order chi connectivity index (χ1) is 8.96. The highest BCUT2D eigenvalue weighted by molar-refractivity contribution is 7.11. The van der Waals surface area contributed by atoms with E-state index in [0.717, 1.165) is 13.0 Å². The molecule has 1 aromatic heterocycles. The first-order valence-corrected chi connectivity index (χ1v) is 8.35. The van der Waals surface area contributed by atoms with Gasteiger partial charge >= 0.3 is 0 Å². The van der Waals surface area contributed by atoms with Crippen molar-refractivity contribution in [3.63, 3.8) is 0 Å². The van der Waals surface area contributed by atoms with Crippen molar-refractivity contribution in [3.8, 4) is 0 Å². The summed E-state index contributed by atoms with van der Waals surface area (Å²) in [5.41, 5.74) is 0.181. The highest BCUT2D eigenvalue weighted by Crippen LogP contribution is 2.28. The Kier molecular flexibility index (Phi) is 6.94. The van der Waals surface area contributed by atoms with Crippen molar-refractivity contribution in [2.24, 2.45) is 0 Å². The summed E-state index contributed by atoms with van der Waals surface area (Å²) in [6, 6.07) is 0. The normalized spacial score (nSPS) is 13.7. The maximum absolute atomic E-state index is 4.40. The topological polar surface area (TPSA) is 37.8 Å². The Labute approximate surface area is 122 Å². The van der Waals surface area contributed by atoms with Gasteiger partial charge in [0.15, 0.2) is 0 Å². The molecule has 0 aliphatic heterocycles. The predicted molar refractivity (Wildman–Crippen MR) is 83.9 cm³/mol. The predicted octanol–water partition coefficient (Wildman–Crippen LogP) is 4.15. The number of hydrogen-bond donors (Lipinski definition) is 1. The number of rotatable bonds is 8. The average molecular weight is 283 g/mol. The zero-order valence-corrected chi connectivity index (χ0v) is 13.9. The number of nitrogens with one attached hydrogen (secondary N) is 1. The average Bonchev–Trinajstić information content (AvgIpc) is 2.77. The lowest BCUT2D eigenvalue weighted by molar-refractivity contribution is 0.429. The maximum atomic E-state index is 4.40. The molecule has 0 aliphatic rings. The third-order valence-electron chi connectivity index (χ3n) is 3.22. The second-order valence-corrected chi connectivity index (χ2v) is 7.30. The summed E-state index contributed by atoms with van der Waals surface area (Å²) in [6.45, 7) is 12.0. The van der Waals surface area contributed by atoms with Crippen LogP contribution in [0.15, 0.2) is 0 Å². The van der Waals surface area contributed by atoms with Crippen LogP contribution in [-0.4, -0.2) is 22.3 Å². The lowest BCUT2D eigenvalue weighted by atomic mass is 10.0. The molecule has 1 aromatic rings. The molecule has 0 spiro atoms. The van der Waals surface area contributed by atoms with Crippen LogP contribution >= 0.6 is 11.3 Å². The molecule has 0 aromatic carbocycles. The van der Waals surface area contributed by atoms with Crippen LogP contribution < -0.4 is 5.32 Å². The van der Waals surface area contributed by atoms with E-state index in [1.165, 1.54) is 35.7 Å². The molecule has 0 radical (unpaired) electrons. The Morgan fingerprint density at radius 1 is 1.21 bits per heavy atom. The number of aromatic nitrogens is 2. The minimum absolute atomic E-state index is 0.181. The highest BCUT2D eigenvalue weighted by Gasteiger charge is 2.15. The molecular formula is C15H29N3S. The lowest BCUT2D eigenvalue weighted by Gasteiger charge is -2.19. The van der Waals surface area contributed by atoms with Gasteiger partial charge in [-0.15, -0.1) is 21.5 Å². The Hall–Kier alpha value is -0.480. The second kappa shape index (κ2) is 7.95. The summed E-state index contributed by atoms with van der Waals surface area (Å²) in [6.07, 6.45) is 5.96. The van der Waals surface area contributed by atoms with Gasteiger partial charge in [0.1, 0.15) is 10.0 Å². The van der Waals surface area contributed by atoms with E-state index in [1.54, 1.807) is 11.3 Å². The van der Waals surface area contributed by atoms with Gasteiger partial charge in [-0.2, -0.15) is 0 Å². The zero-order valence-electron chi connectivity index (χ0n) is 13.1. The fourth-order valence-electron chi connectivity index (χ4n) is 2.03. The second-order valence-electron chi connectivity index (χ2n) is 6.21. The molecule has 3 nitrogen and oxygen atoms in total. The van der Waals surface area contributed by atoms with Crippen LogP contribution in [0.3, 0.4) is 0 Å². The van der Waals surface area contributed by atoms with Gasteiger partial charge in [0.25, 0.3) is 0 Å². The smallest absolute Gasteiger partial charge is 0.120 e. The van der Waals surface area contributed by atoms with E-state index in [2.05, 4.69) is 50.1 Å². The summed E-state index contributed by atoms with van der Waals surface area (Å²) in [7, 11) is 0. The van der Waals surface area contributed by atoms with Crippen LogP contribution in [0.4, 0.5) is 0 Å². The highest BCUT2D eigenvalue weighted by atomic mass is 32.1. The van der Waals surface area contributed by atoms with Gasteiger partial charge in [-0.1, -0.05) is 26.7 Å². The largest absolute Gasteiger partial charge is 0.312 e. The molecule has 0 saturated carbocycles. The van der Waals surface area contributed by atoms with Crippen LogP contribution in [0, 0.1) is 0 Å². The van der Waals surface area contributed by atoms with Gasteiger partial charge < -0.3 is 5.32 Å². The molecule has 1 N–H and O–H groups in total. The number of nitrogens with zero attached hydrogens (tertiary/aromatic N) is 2. The Balaban J connectivity index is 2.46. The standard InChI is InChI=1S/C15H29N3S/c1-6-8-9-12(7-2)14-18-17-13(19-14)10-11-16-15(3,4)5/h12,16H,6-11H2,1-5H3. The summed E-state index contributed by atoms with van der Waals surface area (Å²) in [5.74, 6) is 0.613. The van der Waals surface area contributed by atoms with E-state index < -0.39 is 0 Å². The van der Waals surface area contributed by atoms with Crippen LogP contribution in [0.1, 0.15) is 76.2 Å². The zero-order chi connectivity index (χ0) is 14.3. The van der Waals surface area contributed by atoms with Crippen molar-refractivity contribution in [2.45, 2.75) is 78.2 Å². The van der Waals surface area contributed by atoms with Gasteiger partial charge in [-0.05, 0) is 33.6 Å². The maximum Gasteiger partial charge on any atom is 0.120 e.